The second kappa shape index (κ2) is 15.3. The van der Waals surface area contributed by atoms with Crippen molar-refractivity contribution in [2.45, 2.75) is 124 Å². The molecule has 0 aliphatic heterocycles. The van der Waals surface area contributed by atoms with Crippen molar-refractivity contribution in [1.29, 1.82) is 10.5 Å². The van der Waals surface area contributed by atoms with Gasteiger partial charge >= 0.3 is 13.9 Å². The number of nitrogens with one attached hydrogen (secondary N) is 1. The van der Waals surface area contributed by atoms with E-state index in [0.717, 1.165) is 19.3 Å². The highest BCUT2D eigenvalue weighted by atomic mass is 31.2. The summed E-state index contributed by atoms with van der Waals surface area (Å²) in [5.74, 6) is -0.0959. The number of phosphoric ester groups is 1. The lowest BCUT2D eigenvalue weighted by Gasteiger charge is -2.61. The van der Waals surface area contributed by atoms with Crippen molar-refractivity contribution in [2.75, 3.05) is 17.0 Å². The third-order valence-electron chi connectivity index (χ3n) is 10.4. The van der Waals surface area contributed by atoms with Crippen LogP contribution in [-0.2, 0) is 28.4 Å². The van der Waals surface area contributed by atoms with Crippen molar-refractivity contribution in [1.82, 2.24) is 25.0 Å². The number of hydrogen-bond donors (Lipinski definition) is 1. The minimum absolute atomic E-state index is 0.0874. The van der Waals surface area contributed by atoms with Crippen LogP contribution in [0.1, 0.15) is 123 Å². The van der Waals surface area contributed by atoms with E-state index < -0.39 is 43.9 Å². The Morgan fingerprint density at radius 1 is 1.05 bits per heavy atom. The molecule has 3 aliphatic carbocycles. The van der Waals surface area contributed by atoms with E-state index in [4.69, 9.17) is 18.3 Å². The summed E-state index contributed by atoms with van der Waals surface area (Å²) in [6, 6.07) is 8.86. The second-order valence-corrected chi connectivity index (χ2v) is 19.8. The average molecular weight is 816 g/mol. The van der Waals surface area contributed by atoms with Gasteiger partial charge in [0.05, 0.1) is 51.0 Å². The number of nitriles is 2. The molecule has 1 amide bonds. The van der Waals surface area contributed by atoms with E-state index in [1.807, 2.05) is 32.4 Å². The second-order valence-electron chi connectivity index (χ2n) is 18.3. The van der Waals surface area contributed by atoms with E-state index in [1.165, 1.54) is 29.3 Å². The van der Waals surface area contributed by atoms with Gasteiger partial charge in [0.2, 0.25) is 12.7 Å². The predicted molar refractivity (Wildman–Crippen MR) is 214 cm³/mol. The van der Waals surface area contributed by atoms with Crippen LogP contribution >= 0.6 is 7.82 Å². The van der Waals surface area contributed by atoms with Crippen LogP contribution in [0.5, 0.6) is 0 Å². The van der Waals surface area contributed by atoms with Gasteiger partial charge in [0.15, 0.2) is 0 Å². The van der Waals surface area contributed by atoms with Gasteiger partial charge in [0, 0.05) is 28.9 Å². The molecule has 3 aliphatic rings. The van der Waals surface area contributed by atoms with Crippen molar-refractivity contribution < 1.29 is 32.1 Å². The van der Waals surface area contributed by atoms with Crippen molar-refractivity contribution in [3.05, 3.63) is 70.7 Å². The van der Waals surface area contributed by atoms with Gasteiger partial charge in [0.25, 0.3) is 0 Å². The quantitative estimate of drug-likeness (QED) is 0.0810. The van der Waals surface area contributed by atoms with Gasteiger partial charge in [-0.15, -0.1) is 5.10 Å². The molecule has 0 radical (unpaired) electrons. The fourth-order valence-corrected chi connectivity index (χ4v) is 8.77. The minimum Gasteiger partial charge on any atom is -0.421 e. The highest BCUT2D eigenvalue weighted by Crippen LogP contribution is 2.62. The van der Waals surface area contributed by atoms with Crippen molar-refractivity contribution in [3.8, 4) is 12.1 Å². The van der Waals surface area contributed by atoms with E-state index in [9.17, 15) is 24.3 Å². The van der Waals surface area contributed by atoms with Crippen LogP contribution in [0.15, 0.2) is 36.7 Å². The molecule has 308 valence electrons. The molecule has 2 bridgehead atoms. The van der Waals surface area contributed by atoms with E-state index in [2.05, 4.69) is 37.7 Å². The number of aryl methyl sites for hydroxylation is 1. The molecule has 17 heteroatoms. The summed E-state index contributed by atoms with van der Waals surface area (Å²) < 4.78 is 53.2. The van der Waals surface area contributed by atoms with Gasteiger partial charge in [0.1, 0.15) is 23.9 Å². The molecule has 1 aromatic carbocycles. The van der Waals surface area contributed by atoms with Crippen LogP contribution in [0.25, 0.3) is 10.9 Å². The van der Waals surface area contributed by atoms with E-state index in [1.54, 1.807) is 60.7 Å². The van der Waals surface area contributed by atoms with Crippen LogP contribution in [0.4, 0.5) is 20.6 Å². The first-order chi connectivity index (χ1) is 26.9. The zero-order valence-corrected chi connectivity index (χ0v) is 35.8. The van der Waals surface area contributed by atoms with Crippen LogP contribution in [0.3, 0.4) is 0 Å². The number of nitrogens with zero attached hydrogens (tertiary/aromatic N) is 8. The number of carbonyl (C=O) groups excluding carboxylic acids is 1. The Bertz CT molecular complexity index is 2330. The molecule has 2 atom stereocenters. The maximum Gasteiger partial charge on any atom is 0.478 e. The Kier molecular flexibility index (Phi) is 11.2. The van der Waals surface area contributed by atoms with E-state index in [-0.39, 0.29) is 45.0 Å². The smallest absolute Gasteiger partial charge is 0.421 e. The monoisotopic (exact) mass is 815 g/mol. The number of benzene rings is 1. The molecule has 0 spiro atoms. The molecule has 15 nitrogen and oxygen atoms in total. The van der Waals surface area contributed by atoms with Crippen molar-refractivity contribution in [2.24, 2.45) is 11.3 Å². The van der Waals surface area contributed by atoms with E-state index >= 15 is 0 Å². The highest BCUT2D eigenvalue weighted by molar-refractivity contribution is 7.48. The number of aromatic nitrogens is 5. The van der Waals surface area contributed by atoms with Gasteiger partial charge in [-0.05, 0) is 104 Å². The Labute approximate surface area is 338 Å². The first kappa shape index (κ1) is 42.6. The lowest BCUT2D eigenvalue weighted by Crippen LogP contribution is -2.59. The standard InChI is InChI=1S/C41H51FN9O6P/c1-24-30(12-13-33(42)46-24)36(32-22-50(49-48-32)41-16-26(17-41)18-41)51(37(52)54-23-55-58(53,56-39(6,7)8)57-40(9,10)11)29-14-27(19-43)34-31(15-29)35(28(20-44)21-45-34)47-25(2)38(3,4)5/h12-15,21-22,25-26,36H,16-18,23H2,1-11H3,(H,45,47)/t25-,26?,36+,41?/m1/s1. The van der Waals surface area contributed by atoms with Crippen LogP contribution < -0.4 is 10.2 Å². The topological polar surface area (TPSA) is 190 Å². The van der Waals surface area contributed by atoms with Gasteiger partial charge in [-0.25, -0.2) is 23.5 Å². The average Bonchev–Trinajstić information content (AvgIpc) is 3.52. The first-order valence-electron chi connectivity index (χ1n) is 19.2. The summed E-state index contributed by atoms with van der Waals surface area (Å²) in [6.07, 6.45) is 5.02. The summed E-state index contributed by atoms with van der Waals surface area (Å²) in [7, 11) is -4.33. The van der Waals surface area contributed by atoms with Crippen LogP contribution in [0, 0.1) is 46.9 Å². The molecule has 4 aromatic rings. The summed E-state index contributed by atoms with van der Waals surface area (Å²) in [4.78, 5) is 24.6. The van der Waals surface area contributed by atoms with Gasteiger partial charge < -0.3 is 10.1 Å². The minimum atomic E-state index is -4.33. The third-order valence-corrected chi connectivity index (χ3v) is 12.4. The van der Waals surface area contributed by atoms with Gasteiger partial charge in [-0.2, -0.15) is 14.9 Å². The SMILES string of the molecule is Cc1nc(F)ccc1[C@@H](c1cn(C23CC(C2)C3)nn1)N(C(=O)OCOP(=O)(OC(C)(C)C)OC(C)(C)C)c1cc(C#N)c2ncc(C#N)c(N[C@H](C)C(C)(C)C)c2c1. The number of anilines is 2. The summed E-state index contributed by atoms with van der Waals surface area (Å²) in [5.41, 5.74) is -0.277. The largest absolute Gasteiger partial charge is 0.478 e. The zero-order valence-electron chi connectivity index (χ0n) is 34.9. The number of amides is 1. The fraction of sp³-hybridized carbons (Fsp3) is 0.537. The molecular weight excluding hydrogens is 764 g/mol. The van der Waals surface area contributed by atoms with Crippen molar-refractivity contribution in [3.63, 3.8) is 0 Å². The number of carbonyl (C=O) groups is 1. The Morgan fingerprint density at radius 2 is 1.69 bits per heavy atom. The molecule has 58 heavy (non-hydrogen) atoms. The molecule has 1 N–H and O–H groups in total. The van der Waals surface area contributed by atoms with E-state index in [0.29, 0.717) is 28.2 Å². The lowest BCUT2D eigenvalue weighted by atomic mass is 9.50. The molecule has 0 unspecified atom stereocenters. The zero-order chi connectivity index (χ0) is 42.6. The number of pyridine rings is 2. The van der Waals surface area contributed by atoms with Gasteiger partial charge in [-0.1, -0.05) is 32.1 Å². The van der Waals surface area contributed by atoms with Crippen LogP contribution in [0.2, 0.25) is 0 Å². The van der Waals surface area contributed by atoms with Gasteiger partial charge in [-0.3, -0.25) is 18.9 Å². The lowest BCUT2D eigenvalue weighted by molar-refractivity contribution is -0.0989. The Hall–Kier alpha value is -4.99. The Morgan fingerprint density at radius 3 is 2.22 bits per heavy atom. The maximum atomic E-state index is 14.8. The number of ether oxygens (including phenoxy) is 1. The first-order valence-corrected chi connectivity index (χ1v) is 20.6. The molecule has 7 rings (SSSR count). The number of phosphoric acid groups is 1. The molecule has 0 saturated heterocycles. The number of hydrogen-bond acceptors (Lipinski definition) is 13. The number of fused-ring (bicyclic) bond motifs is 1. The fourth-order valence-electron chi connectivity index (χ4n) is 7.11. The summed E-state index contributed by atoms with van der Waals surface area (Å²) in [6.45, 7) is 18.9. The molecule has 3 heterocycles. The Balaban J connectivity index is 1.54. The molecule has 3 saturated carbocycles. The number of rotatable bonds is 12. The maximum absolute atomic E-state index is 14.8. The number of halogens is 1. The summed E-state index contributed by atoms with van der Waals surface area (Å²) in [5, 5.41) is 33.7. The van der Waals surface area contributed by atoms with Crippen LogP contribution in [-0.4, -0.2) is 55.1 Å². The summed E-state index contributed by atoms with van der Waals surface area (Å²) >= 11 is 0. The third kappa shape index (κ3) is 8.86. The normalized spacial score (nSPS) is 19.0. The highest BCUT2D eigenvalue weighted by Gasteiger charge is 2.59. The molecular formula is C41H51FN9O6P. The molecule has 3 aromatic heterocycles. The predicted octanol–water partition coefficient (Wildman–Crippen LogP) is 9.21. The molecule has 3 fully saturated rings. The van der Waals surface area contributed by atoms with Crippen molar-refractivity contribution >= 4 is 36.2 Å².